The predicted molar refractivity (Wildman–Crippen MR) is 92.2 cm³/mol. The summed E-state index contributed by atoms with van der Waals surface area (Å²) in [6, 6.07) is 15.8. The number of nitrogens with zero attached hydrogens (tertiary/aromatic N) is 1. The van der Waals surface area contributed by atoms with E-state index in [0.29, 0.717) is 6.54 Å². The molecule has 0 spiro atoms. The van der Waals surface area contributed by atoms with Crippen LogP contribution in [-0.4, -0.2) is 29.7 Å². The molecule has 0 aromatic heterocycles. The number of carboxylic acid groups (broad SMARTS) is 1. The Morgan fingerprint density at radius 2 is 1.79 bits per heavy atom. The Hall–Kier alpha value is -2.82. The Balaban J connectivity index is 1.74. The number of para-hydroxylation sites is 1. The number of carboxylic acids is 1. The van der Waals surface area contributed by atoms with Crippen molar-refractivity contribution in [2.45, 2.75) is 25.3 Å². The highest BCUT2D eigenvalue weighted by atomic mass is 16.4. The quantitative estimate of drug-likeness (QED) is 0.908. The van der Waals surface area contributed by atoms with E-state index in [1.807, 2.05) is 54.6 Å². The number of hydrogen-bond acceptors (Lipinski definition) is 2. The second kappa shape index (κ2) is 7.17. The normalized spacial score (nSPS) is 14.6. The summed E-state index contributed by atoms with van der Waals surface area (Å²) in [6.07, 6.45) is 2.07. The number of fused-ring (bicyclic) bond motifs is 1. The number of aryl methyl sites for hydroxylation is 1. The van der Waals surface area contributed by atoms with Crippen molar-refractivity contribution in [3.63, 3.8) is 0 Å². The van der Waals surface area contributed by atoms with Gasteiger partial charge >= 0.3 is 12.0 Å². The molecule has 2 N–H and O–H groups in total. The molecule has 0 unspecified atom stereocenters. The Morgan fingerprint density at radius 3 is 2.54 bits per heavy atom. The van der Waals surface area contributed by atoms with Gasteiger partial charge in [0.1, 0.15) is 6.04 Å². The van der Waals surface area contributed by atoms with Crippen LogP contribution in [0.5, 0.6) is 0 Å². The largest absolute Gasteiger partial charge is 0.480 e. The second-order valence-corrected chi connectivity index (χ2v) is 5.91. The van der Waals surface area contributed by atoms with Gasteiger partial charge in [0, 0.05) is 18.7 Å². The van der Waals surface area contributed by atoms with Gasteiger partial charge in [0.25, 0.3) is 0 Å². The van der Waals surface area contributed by atoms with Gasteiger partial charge in [-0.2, -0.15) is 0 Å². The minimum absolute atomic E-state index is 0.261. The summed E-state index contributed by atoms with van der Waals surface area (Å²) in [5.74, 6) is -1.03. The van der Waals surface area contributed by atoms with Gasteiger partial charge in [0.15, 0.2) is 0 Å². The lowest BCUT2D eigenvalue weighted by Gasteiger charge is -2.30. The van der Waals surface area contributed by atoms with Crippen molar-refractivity contribution in [1.82, 2.24) is 5.32 Å². The average molecular weight is 324 g/mol. The van der Waals surface area contributed by atoms with Crippen LogP contribution < -0.4 is 10.2 Å². The molecule has 1 heterocycles. The molecule has 0 saturated carbocycles. The van der Waals surface area contributed by atoms with Crippen LogP contribution in [-0.2, 0) is 17.6 Å². The van der Waals surface area contributed by atoms with E-state index in [-0.39, 0.29) is 12.5 Å². The zero-order valence-corrected chi connectivity index (χ0v) is 13.3. The number of anilines is 1. The lowest BCUT2D eigenvalue weighted by Crippen LogP contribution is -2.50. The molecule has 3 rings (SSSR count). The van der Waals surface area contributed by atoms with Gasteiger partial charge in [-0.15, -0.1) is 0 Å². The molecule has 0 saturated heterocycles. The molecule has 0 aliphatic carbocycles. The van der Waals surface area contributed by atoms with Crippen molar-refractivity contribution in [3.05, 3.63) is 65.7 Å². The summed E-state index contributed by atoms with van der Waals surface area (Å²) in [5, 5.41) is 12.1. The molecule has 2 aromatic rings. The number of rotatable bonds is 4. The van der Waals surface area contributed by atoms with Crippen molar-refractivity contribution in [1.29, 1.82) is 0 Å². The fourth-order valence-corrected chi connectivity index (χ4v) is 3.02. The van der Waals surface area contributed by atoms with Crippen molar-refractivity contribution >= 4 is 17.7 Å². The monoisotopic (exact) mass is 324 g/mol. The number of hydrogen-bond donors (Lipinski definition) is 2. The van der Waals surface area contributed by atoms with E-state index in [2.05, 4.69) is 5.32 Å². The van der Waals surface area contributed by atoms with Gasteiger partial charge in [0.2, 0.25) is 0 Å². The summed E-state index contributed by atoms with van der Waals surface area (Å²) >= 11 is 0. The third-order valence-electron chi connectivity index (χ3n) is 4.23. The van der Waals surface area contributed by atoms with Gasteiger partial charge in [0.05, 0.1) is 0 Å². The van der Waals surface area contributed by atoms with Crippen LogP contribution in [0.15, 0.2) is 54.6 Å². The van der Waals surface area contributed by atoms with E-state index in [1.54, 1.807) is 4.90 Å². The number of urea groups is 1. The van der Waals surface area contributed by atoms with Crippen LogP contribution in [0.25, 0.3) is 0 Å². The number of carbonyl (C=O) groups is 2. The van der Waals surface area contributed by atoms with Crippen LogP contribution in [0.2, 0.25) is 0 Å². The van der Waals surface area contributed by atoms with Crippen LogP contribution in [0.1, 0.15) is 17.5 Å². The van der Waals surface area contributed by atoms with Gasteiger partial charge in [-0.1, -0.05) is 48.5 Å². The fraction of sp³-hybridized carbons (Fsp3) is 0.263. The van der Waals surface area contributed by atoms with E-state index in [1.165, 1.54) is 0 Å². The molecule has 1 aliphatic heterocycles. The average Bonchev–Trinajstić information content (AvgIpc) is 2.61. The van der Waals surface area contributed by atoms with Crippen molar-refractivity contribution in [3.8, 4) is 0 Å². The summed E-state index contributed by atoms with van der Waals surface area (Å²) in [5.41, 5.74) is 2.86. The van der Waals surface area contributed by atoms with Crippen LogP contribution in [0.4, 0.5) is 10.5 Å². The maximum atomic E-state index is 12.6. The Morgan fingerprint density at radius 1 is 1.08 bits per heavy atom. The zero-order valence-electron chi connectivity index (χ0n) is 13.3. The highest BCUT2D eigenvalue weighted by molar-refractivity contribution is 5.95. The standard InChI is InChI=1S/C19H20N2O3/c22-18(23)16(13-14-7-2-1-3-8-14)20-19(24)21-12-6-10-15-9-4-5-11-17(15)21/h1-5,7-9,11,16H,6,10,12-13H2,(H,20,24)(H,22,23)/t16-/m0/s1. The van der Waals surface area contributed by atoms with Crippen LogP contribution in [0.3, 0.4) is 0 Å². The highest BCUT2D eigenvalue weighted by Gasteiger charge is 2.26. The summed E-state index contributed by atoms with van der Waals surface area (Å²) in [6.45, 7) is 0.598. The molecule has 124 valence electrons. The van der Waals surface area contributed by atoms with Crippen LogP contribution in [0, 0.1) is 0 Å². The van der Waals surface area contributed by atoms with E-state index in [4.69, 9.17) is 0 Å². The van der Waals surface area contributed by atoms with E-state index in [9.17, 15) is 14.7 Å². The first-order valence-electron chi connectivity index (χ1n) is 8.08. The maximum Gasteiger partial charge on any atom is 0.326 e. The molecule has 5 heteroatoms. The molecule has 2 aromatic carbocycles. The minimum atomic E-state index is -1.03. The van der Waals surface area contributed by atoms with Gasteiger partial charge in [-0.05, 0) is 30.0 Å². The lowest BCUT2D eigenvalue weighted by molar-refractivity contribution is -0.139. The fourth-order valence-electron chi connectivity index (χ4n) is 3.02. The molecule has 1 aliphatic rings. The molecule has 0 fully saturated rings. The van der Waals surface area contributed by atoms with E-state index < -0.39 is 12.0 Å². The van der Waals surface area contributed by atoms with E-state index in [0.717, 1.165) is 29.7 Å². The first-order valence-corrected chi connectivity index (χ1v) is 8.08. The zero-order chi connectivity index (χ0) is 16.9. The predicted octanol–water partition coefficient (Wildman–Crippen LogP) is 2.84. The van der Waals surface area contributed by atoms with E-state index >= 15 is 0 Å². The molecule has 2 amide bonds. The van der Waals surface area contributed by atoms with Gasteiger partial charge in [-0.3, -0.25) is 4.90 Å². The number of carbonyl (C=O) groups excluding carboxylic acids is 1. The number of amides is 2. The first-order chi connectivity index (χ1) is 11.6. The third-order valence-corrected chi connectivity index (χ3v) is 4.23. The van der Waals surface area contributed by atoms with Crippen molar-refractivity contribution < 1.29 is 14.7 Å². The van der Waals surface area contributed by atoms with Gasteiger partial charge in [-0.25, -0.2) is 9.59 Å². The Bertz CT molecular complexity index is 730. The smallest absolute Gasteiger partial charge is 0.326 e. The second-order valence-electron chi connectivity index (χ2n) is 5.91. The summed E-state index contributed by atoms with van der Waals surface area (Å²) < 4.78 is 0. The maximum absolute atomic E-state index is 12.6. The third kappa shape index (κ3) is 3.56. The Kier molecular flexibility index (Phi) is 4.79. The van der Waals surface area contributed by atoms with Crippen molar-refractivity contribution in [2.75, 3.05) is 11.4 Å². The molecular formula is C19H20N2O3. The first kappa shape index (κ1) is 16.1. The number of aliphatic carboxylic acids is 1. The van der Waals surface area contributed by atoms with Crippen LogP contribution >= 0.6 is 0 Å². The molecular weight excluding hydrogens is 304 g/mol. The molecule has 24 heavy (non-hydrogen) atoms. The molecule has 1 atom stereocenters. The van der Waals surface area contributed by atoms with Crippen molar-refractivity contribution in [2.24, 2.45) is 0 Å². The minimum Gasteiger partial charge on any atom is -0.480 e. The number of benzene rings is 2. The lowest BCUT2D eigenvalue weighted by atomic mass is 10.0. The number of nitrogens with one attached hydrogen (secondary N) is 1. The summed E-state index contributed by atoms with van der Waals surface area (Å²) in [7, 11) is 0. The Labute approximate surface area is 140 Å². The topological polar surface area (TPSA) is 69.6 Å². The molecule has 0 radical (unpaired) electrons. The molecule has 0 bridgehead atoms. The highest BCUT2D eigenvalue weighted by Crippen LogP contribution is 2.26. The summed E-state index contributed by atoms with van der Waals surface area (Å²) in [4.78, 5) is 25.8. The van der Waals surface area contributed by atoms with Gasteiger partial charge < -0.3 is 10.4 Å². The SMILES string of the molecule is O=C(O)[C@H](Cc1ccccc1)NC(=O)N1CCCc2ccccc21. The molecule has 5 nitrogen and oxygen atoms in total.